The first kappa shape index (κ1) is 26.6. The lowest BCUT2D eigenvalue weighted by molar-refractivity contribution is 0.0585. The monoisotopic (exact) mass is 572 g/mol. The van der Waals surface area contributed by atoms with E-state index >= 15 is 0 Å². The largest absolute Gasteiger partial charge is 0.497 e. The Bertz CT molecular complexity index is 1790. The second-order valence-electron chi connectivity index (χ2n) is 10.8. The second kappa shape index (κ2) is 9.94. The van der Waals surface area contributed by atoms with Gasteiger partial charge in [-0.3, -0.25) is 19.4 Å². The van der Waals surface area contributed by atoms with Crippen LogP contribution in [0.3, 0.4) is 0 Å². The van der Waals surface area contributed by atoms with Crippen LogP contribution >= 0.6 is 0 Å². The number of carbonyl (C=O) groups excluding carboxylic acids is 3. The predicted octanol–water partition coefficient (Wildman–Crippen LogP) is 5.52. The van der Waals surface area contributed by atoms with E-state index in [0.717, 1.165) is 11.1 Å². The number of para-hydroxylation sites is 1. The number of hydrogen-bond acceptors (Lipinski definition) is 8. The van der Waals surface area contributed by atoms with Gasteiger partial charge in [-0.15, -0.1) is 0 Å². The van der Waals surface area contributed by atoms with E-state index in [4.69, 9.17) is 19.3 Å². The maximum atomic E-state index is 14.9. The summed E-state index contributed by atoms with van der Waals surface area (Å²) in [7, 11) is 4.59. The number of ether oxygens (including phenoxy) is 3. The topological polar surface area (TPSA) is 94.5 Å². The van der Waals surface area contributed by atoms with Crippen LogP contribution in [-0.4, -0.2) is 55.9 Å². The minimum Gasteiger partial charge on any atom is -0.497 e. The molecule has 2 heterocycles. The van der Waals surface area contributed by atoms with Crippen LogP contribution < -0.4 is 14.2 Å². The summed E-state index contributed by atoms with van der Waals surface area (Å²) in [5.74, 6) is -0.555. The molecule has 8 heteroatoms. The molecule has 43 heavy (non-hydrogen) atoms. The van der Waals surface area contributed by atoms with Crippen molar-refractivity contribution in [1.82, 2.24) is 5.01 Å². The Morgan fingerprint density at radius 3 is 2.05 bits per heavy atom. The molecule has 3 atom stereocenters. The molecule has 8 nitrogen and oxygen atoms in total. The molecule has 0 unspecified atom stereocenters. The highest BCUT2D eigenvalue weighted by atomic mass is 16.5. The molecule has 2 aliphatic heterocycles. The Labute approximate surface area is 248 Å². The van der Waals surface area contributed by atoms with Gasteiger partial charge in [-0.25, -0.2) is 0 Å². The standard InChI is InChI=1S/C35H28N2O6/c1-41-22-17-15-20(16-18-22)30(38)29-28(26-13-8-14-27(42-2)31(26)43-3)35(33(39)24-11-6-7-12-25(24)34(35)40)32-23-10-5-4-9-21(23)19-36-37(29)32/h4-19,28-29,32H,1-3H3/t28-,29+,32-/m0/s1. The average Bonchev–Trinajstić information content (AvgIpc) is 3.49. The Balaban J connectivity index is 1.57. The Kier molecular flexibility index (Phi) is 6.16. The van der Waals surface area contributed by atoms with Gasteiger partial charge < -0.3 is 14.2 Å². The van der Waals surface area contributed by atoms with Gasteiger partial charge in [0.25, 0.3) is 0 Å². The maximum absolute atomic E-state index is 14.9. The van der Waals surface area contributed by atoms with Crippen molar-refractivity contribution >= 4 is 23.6 Å². The fourth-order valence-corrected chi connectivity index (χ4v) is 7.20. The molecule has 0 aromatic heterocycles. The van der Waals surface area contributed by atoms with Gasteiger partial charge in [0.1, 0.15) is 17.2 Å². The van der Waals surface area contributed by atoms with Crippen LogP contribution in [0.5, 0.6) is 17.2 Å². The number of methoxy groups -OCH3 is 3. The number of carbonyl (C=O) groups is 3. The lowest BCUT2D eigenvalue weighted by Crippen LogP contribution is -2.44. The van der Waals surface area contributed by atoms with E-state index in [9.17, 15) is 14.4 Å². The summed E-state index contributed by atoms with van der Waals surface area (Å²) in [6.07, 6.45) is 1.69. The summed E-state index contributed by atoms with van der Waals surface area (Å²) in [6, 6.07) is 24.7. The molecule has 1 aliphatic carbocycles. The smallest absolute Gasteiger partial charge is 0.187 e. The Hall–Kier alpha value is -5.24. The van der Waals surface area contributed by atoms with E-state index in [1.807, 2.05) is 24.3 Å². The lowest BCUT2D eigenvalue weighted by atomic mass is 9.62. The molecule has 7 rings (SSSR count). The van der Waals surface area contributed by atoms with Crippen LogP contribution in [0.2, 0.25) is 0 Å². The van der Waals surface area contributed by atoms with Gasteiger partial charge in [-0.2, -0.15) is 5.10 Å². The van der Waals surface area contributed by atoms with Gasteiger partial charge in [0, 0.05) is 28.2 Å². The normalized spacial score (nSPS) is 20.9. The molecule has 1 saturated heterocycles. The van der Waals surface area contributed by atoms with Crippen LogP contribution in [0.4, 0.5) is 0 Å². The van der Waals surface area contributed by atoms with E-state index < -0.39 is 23.4 Å². The number of hydrazone groups is 1. The number of benzene rings is 4. The van der Waals surface area contributed by atoms with Crippen LogP contribution in [0, 0.1) is 5.41 Å². The van der Waals surface area contributed by atoms with E-state index in [0.29, 0.717) is 39.5 Å². The number of fused-ring (bicyclic) bond motifs is 5. The van der Waals surface area contributed by atoms with Crippen molar-refractivity contribution in [1.29, 1.82) is 0 Å². The molecule has 4 aromatic carbocycles. The zero-order valence-electron chi connectivity index (χ0n) is 23.8. The third-order valence-electron chi connectivity index (χ3n) is 8.99. The number of ketones is 3. The molecule has 0 N–H and O–H groups in total. The van der Waals surface area contributed by atoms with Gasteiger partial charge in [-0.05, 0) is 41.5 Å². The van der Waals surface area contributed by atoms with Gasteiger partial charge >= 0.3 is 0 Å². The highest BCUT2D eigenvalue weighted by molar-refractivity contribution is 6.31. The molecular formula is C35H28N2O6. The molecule has 0 radical (unpaired) electrons. The summed E-state index contributed by atoms with van der Waals surface area (Å²) in [6.45, 7) is 0. The summed E-state index contributed by atoms with van der Waals surface area (Å²) < 4.78 is 16.9. The SMILES string of the molecule is COc1ccc(C(=O)[C@H]2[C@H](c3cccc(OC)c3OC)C3(C(=O)c4ccccc4C3=O)[C@@H]3c4ccccc4C=NN32)cc1. The molecule has 0 bridgehead atoms. The number of Topliss-reactive ketones (excluding diaryl/α,β-unsaturated/α-hetero) is 3. The van der Waals surface area contributed by atoms with Crippen LogP contribution in [0.1, 0.15) is 59.7 Å². The zero-order valence-corrected chi connectivity index (χ0v) is 23.8. The number of hydrogen-bond donors (Lipinski definition) is 0. The van der Waals surface area contributed by atoms with Crippen LogP contribution in [0.25, 0.3) is 0 Å². The Morgan fingerprint density at radius 1 is 0.744 bits per heavy atom. The average molecular weight is 573 g/mol. The van der Waals surface area contributed by atoms with Crippen molar-refractivity contribution in [3.05, 3.63) is 124 Å². The van der Waals surface area contributed by atoms with Crippen molar-refractivity contribution in [2.75, 3.05) is 21.3 Å². The van der Waals surface area contributed by atoms with Crippen molar-refractivity contribution in [2.24, 2.45) is 10.5 Å². The molecule has 3 aliphatic rings. The van der Waals surface area contributed by atoms with E-state index in [2.05, 4.69) is 0 Å². The third-order valence-corrected chi connectivity index (χ3v) is 8.99. The van der Waals surface area contributed by atoms with Gasteiger partial charge in [0.2, 0.25) is 0 Å². The van der Waals surface area contributed by atoms with E-state index in [1.54, 1.807) is 85.1 Å². The quantitative estimate of drug-likeness (QED) is 0.222. The van der Waals surface area contributed by atoms with Gasteiger partial charge in [0.05, 0.1) is 33.6 Å². The molecular weight excluding hydrogens is 544 g/mol. The van der Waals surface area contributed by atoms with Crippen molar-refractivity contribution in [2.45, 2.75) is 18.0 Å². The molecule has 1 spiro atoms. The van der Waals surface area contributed by atoms with Gasteiger partial charge in [0.15, 0.2) is 28.8 Å². The molecule has 214 valence electrons. The number of nitrogens with zero attached hydrogens (tertiary/aromatic N) is 2. The second-order valence-corrected chi connectivity index (χ2v) is 10.8. The summed E-state index contributed by atoms with van der Waals surface area (Å²) in [5, 5.41) is 6.47. The molecule has 0 amide bonds. The predicted molar refractivity (Wildman–Crippen MR) is 160 cm³/mol. The highest BCUT2D eigenvalue weighted by Gasteiger charge is 2.73. The third kappa shape index (κ3) is 3.56. The Morgan fingerprint density at radius 2 is 1.40 bits per heavy atom. The van der Waals surface area contributed by atoms with Crippen molar-refractivity contribution in [3.63, 3.8) is 0 Å². The van der Waals surface area contributed by atoms with Crippen LogP contribution in [0.15, 0.2) is 96.1 Å². The minimum absolute atomic E-state index is 0.285. The molecule has 1 fully saturated rings. The summed E-state index contributed by atoms with van der Waals surface area (Å²) in [5.41, 5.74) is 1.41. The zero-order chi connectivity index (χ0) is 29.9. The first-order chi connectivity index (χ1) is 21.0. The summed E-state index contributed by atoms with van der Waals surface area (Å²) in [4.78, 5) is 44.6. The van der Waals surface area contributed by atoms with E-state index in [-0.39, 0.29) is 17.3 Å². The fourth-order valence-electron chi connectivity index (χ4n) is 7.20. The first-order valence-corrected chi connectivity index (χ1v) is 14.0. The fraction of sp³-hybridized carbons (Fsp3) is 0.200. The molecule has 4 aromatic rings. The van der Waals surface area contributed by atoms with Crippen molar-refractivity contribution < 1.29 is 28.6 Å². The van der Waals surface area contributed by atoms with Gasteiger partial charge in [-0.1, -0.05) is 60.7 Å². The maximum Gasteiger partial charge on any atom is 0.187 e. The van der Waals surface area contributed by atoms with Crippen LogP contribution in [-0.2, 0) is 0 Å². The number of rotatable bonds is 6. The highest BCUT2D eigenvalue weighted by Crippen LogP contribution is 2.66. The van der Waals surface area contributed by atoms with E-state index in [1.165, 1.54) is 14.2 Å². The summed E-state index contributed by atoms with van der Waals surface area (Å²) >= 11 is 0. The first-order valence-electron chi connectivity index (χ1n) is 14.0. The molecule has 0 saturated carbocycles. The minimum atomic E-state index is -1.72. The lowest BCUT2D eigenvalue weighted by Gasteiger charge is -2.36. The van der Waals surface area contributed by atoms with Crippen molar-refractivity contribution in [3.8, 4) is 17.2 Å².